The number of amides is 1. The summed E-state index contributed by atoms with van der Waals surface area (Å²) in [5, 5.41) is 12.0. The zero-order valence-electron chi connectivity index (χ0n) is 16.6. The number of carbonyl (C=O) groups excluding carboxylic acids is 1. The molecule has 26 heavy (non-hydrogen) atoms. The van der Waals surface area contributed by atoms with E-state index in [4.69, 9.17) is 5.26 Å². The first-order valence-corrected chi connectivity index (χ1v) is 9.88. The molecule has 1 saturated heterocycles. The van der Waals surface area contributed by atoms with E-state index in [1.807, 2.05) is 24.3 Å². The van der Waals surface area contributed by atoms with Crippen molar-refractivity contribution in [2.75, 3.05) is 19.6 Å². The lowest BCUT2D eigenvalue weighted by Gasteiger charge is -2.39. The van der Waals surface area contributed by atoms with E-state index in [0.717, 1.165) is 51.9 Å². The van der Waals surface area contributed by atoms with E-state index in [1.54, 1.807) is 0 Å². The van der Waals surface area contributed by atoms with Crippen LogP contribution in [0.25, 0.3) is 0 Å². The minimum absolute atomic E-state index is 0.201. The summed E-state index contributed by atoms with van der Waals surface area (Å²) in [6.45, 7) is 10.5. The van der Waals surface area contributed by atoms with Gasteiger partial charge in [-0.2, -0.15) is 5.26 Å². The van der Waals surface area contributed by atoms with Gasteiger partial charge in [0.2, 0.25) is 5.91 Å². The Morgan fingerprint density at radius 1 is 1.27 bits per heavy atom. The van der Waals surface area contributed by atoms with E-state index in [1.165, 1.54) is 5.56 Å². The predicted molar refractivity (Wildman–Crippen MR) is 105 cm³/mol. The van der Waals surface area contributed by atoms with Gasteiger partial charge in [-0.05, 0) is 61.4 Å². The molecule has 1 aromatic rings. The van der Waals surface area contributed by atoms with Gasteiger partial charge in [0.25, 0.3) is 0 Å². The maximum atomic E-state index is 12.0. The summed E-state index contributed by atoms with van der Waals surface area (Å²) >= 11 is 0. The van der Waals surface area contributed by atoms with Gasteiger partial charge in [0, 0.05) is 19.5 Å². The van der Waals surface area contributed by atoms with Crippen LogP contribution in [-0.4, -0.2) is 30.4 Å². The second kappa shape index (κ2) is 9.73. The Bertz CT molecular complexity index is 607. The number of nitrogens with one attached hydrogen (secondary N) is 1. The molecule has 1 fully saturated rings. The molecular weight excluding hydrogens is 322 g/mol. The van der Waals surface area contributed by atoms with Crippen molar-refractivity contribution in [3.63, 3.8) is 0 Å². The van der Waals surface area contributed by atoms with Crippen LogP contribution in [0.15, 0.2) is 24.3 Å². The Labute approximate surface area is 158 Å². The Morgan fingerprint density at radius 3 is 2.50 bits per heavy atom. The highest BCUT2D eigenvalue weighted by atomic mass is 16.1. The second-order valence-corrected chi connectivity index (χ2v) is 8.46. The Balaban J connectivity index is 1.70. The molecule has 0 aliphatic carbocycles. The average Bonchev–Trinajstić information content (AvgIpc) is 2.63. The molecule has 1 aliphatic heterocycles. The van der Waals surface area contributed by atoms with Crippen LogP contribution in [-0.2, 0) is 11.3 Å². The number of hydrogen-bond donors (Lipinski definition) is 1. The van der Waals surface area contributed by atoms with Gasteiger partial charge >= 0.3 is 0 Å². The minimum Gasteiger partial charge on any atom is -0.356 e. The van der Waals surface area contributed by atoms with Crippen molar-refractivity contribution in [1.29, 1.82) is 5.26 Å². The van der Waals surface area contributed by atoms with Crippen LogP contribution in [0.1, 0.15) is 64.0 Å². The number of benzene rings is 1. The smallest absolute Gasteiger partial charge is 0.220 e. The van der Waals surface area contributed by atoms with Gasteiger partial charge < -0.3 is 5.32 Å². The highest BCUT2D eigenvalue weighted by Gasteiger charge is 2.30. The Hall–Kier alpha value is -1.86. The number of carbonyl (C=O) groups is 1. The lowest BCUT2D eigenvalue weighted by molar-refractivity contribution is -0.121. The number of nitrogens with zero attached hydrogens (tertiary/aromatic N) is 2. The topological polar surface area (TPSA) is 56.1 Å². The van der Waals surface area contributed by atoms with Crippen molar-refractivity contribution >= 4 is 5.91 Å². The molecule has 0 saturated carbocycles. The summed E-state index contributed by atoms with van der Waals surface area (Å²) in [6.07, 6.45) is 4.97. The van der Waals surface area contributed by atoms with Crippen LogP contribution in [0.4, 0.5) is 0 Å². The molecule has 1 amide bonds. The summed E-state index contributed by atoms with van der Waals surface area (Å²) in [5.74, 6) is 0.868. The fraction of sp³-hybridized carbons (Fsp3) is 0.636. The maximum absolute atomic E-state index is 12.0. The molecule has 4 nitrogen and oxygen atoms in total. The van der Waals surface area contributed by atoms with Crippen molar-refractivity contribution in [2.45, 2.75) is 59.4 Å². The van der Waals surface area contributed by atoms with Gasteiger partial charge in [0.1, 0.15) is 0 Å². The molecule has 0 spiro atoms. The first-order chi connectivity index (χ1) is 12.4. The van der Waals surface area contributed by atoms with Crippen LogP contribution in [0.2, 0.25) is 0 Å². The molecular formula is C22H33N3O. The lowest BCUT2D eigenvalue weighted by Crippen LogP contribution is -2.44. The van der Waals surface area contributed by atoms with Crippen LogP contribution < -0.4 is 5.32 Å². The quantitative estimate of drug-likeness (QED) is 0.764. The third kappa shape index (κ3) is 6.80. The van der Waals surface area contributed by atoms with E-state index >= 15 is 0 Å². The third-order valence-corrected chi connectivity index (χ3v) is 5.45. The van der Waals surface area contributed by atoms with Crippen LogP contribution in [0.5, 0.6) is 0 Å². The maximum Gasteiger partial charge on any atom is 0.220 e. The molecule has 0 unspecified atom stereocenters. The first-order valence-electron chi connectivity index (χ1n) is 9.88. The SMILES string of the molecule is CC(C)CCCC(=O)NCC1(C)CCN(Cc2ccc(C#N)cc2)CC1. The van der Waals surface area contributed by atoms with E-state index in [2.05, 4.69) is 37.1 Å². The Morgan fingerprint density at radius 2 is 1.92 bits per heavy atom. The van der Waals surface area contributed by atoms with Gasteiger partial charge in [-0.25, -0.2) is 0 Å². The van der Waals surface area contributed by atoms with E-state index in [-0.39, 0.29) is 11.3 Å². The molecule has 1 aromatic carbocycles. The normalized spacial score (nSPS) is 17.0. The largest absolute Gasteiger partial charge is 0.356 e. The fourth-order valence-electron chi connectivity index (χ4n) is 3.44. The molecule has 1 aliphatic rings. The molecule has 0 radical (unpaired) electrons. The number of nitriles is 1. The molecule has 1 heterocycles. The number of rotatable bonds is 8. The van der Waals surface area contributed by atoms with Crippen LogP contribution >= 0.6 is 0 Å². The minimum atomic E-state index is 0.201. The van der Waals surface area contributed by atoms with Gasteiger partial charge in [-0.1, -0.05) is 39.3 Å². The standard InChI is InChI=1S/C22H33N3O/c1-18(2)5-4-6-21(26)24-17-22(3)11-13-25(14-12-22)16-20-9-7-19(15-23)8-10-20/h7-10,18H,4-6,11-14,16-17H2,1-3H3,(H,24,26). The number of hydrogen-bond acceptors (Lipinski definition) is 3. The van der Waals surface area contributed by atoms with Gasteiger partial charge in [0.15, 0.2) is 0 Å². The third-order valence-electron chi connectivity index (χ3n) is 5.45. The summed E-state index contributed by atoms with van der Waals surface area (Å²) in [5.41, 5.74) is 2.17. The Kier molecular flexibility index (Phi) is 7.66. The number of likely N-dealkylation sites (tertiary alicyclic amines) is 1. The average molecular weight is 356 g/mol. The van der Waals surface area contributed by atoms with Gasteiger partial charge in [-0.3, -0.25) is 9.69 Å². The van der Waals surface area contributed by atoms with Crippen molar-refractivity contribution in [2.24, 2.45) is 11.3 Å². The summed E-state index contributed by atoms with van der Waals surface area (Å²) in [6, 6.07) is 10.0. The predicted octanol–water partition coefficient (Wildman–Crippen LogP) is 4.10. The lowest BCUT2D eigenvalue weighted by atomic mass is 9.80. The van der Waals surface area contributed by atoms with E-state index in [0.29, 0.717) is 17.9 Å². The van der Waals surface area contributed by atoms with E-state index in [9.17, 15) is 4.79 Å². The summed E-state index contributed by atoms with van der Waals surface area (Å²) in [7, 11) is 0. The monoisotopic (exact) mass is 355 g/mol. The van der Waals surface area contributed by atoms with Crippen molar-refractivity contribution < 1.29 is 4.79 Å². The van der Waals surface area contributed by atoms with Crippen molar-refractivity contribution in [3.8, 4) is 6.07 Å². The fourth-order valence-corrected chi connectivity index (χ4v) is 3.44. The first kappa shape index (κ1) is 20.5. The summed E-state index contributed by atoms with van der Waals surface area (Å²) < 4.78 is 0. The second-order valence-electron chi connectivity index (χ2n) is 8.46. The summed E-state index contributed by atoms with van der Waals surface area (Å²) in [4.78, 5) is 14.5. The zero-order valence-corrected chi connectivity index (χ0v) is 16.6. The molecule has 4 heteroatoms. The van der Waals surface area contributed by atoms with Crippen LogP contribution in [0, 0.1) is 22.7 Å². The molecule has 0 atom stereocenters. The zero-order chi connectivity index (χ0) is 19.0. The van der Waals surface area contributed by atoms with Crippen molar-refractivity contribution in [1.82, 2.24) is 10.2 Å². The highest BCUT2D eigenvalue weighted by Crippen LogP contribution is 2.30. The van der Waals surface area contributed by atoms with Crippen molar-refractivity contribution in [3.05, 3.63) is 35.4 Å². The molecule has 2 rings (SSSR count). The van der Waals surface area contributed by atoms with Gasteiger partial charge in [0.05, 0.1) is 11.6 Å². The highest BCUT2D eigenvalue weighted by molar-refractivity contribution is 5.75. The van der Waals surface area contributed by atoms with Gasteiger partial charge in [-0.15, -0.1) is 0 Å². The van der Waals surface area contributed by atoms with E-state index < -0.39 is 0 Å². The van der Waals surface area contributed by atoms with Crippen LogP contribution in [0.3, 0.4) is 0 Å². The molecule has 1 N–H and O–H groups in total. The molecule has 142 valence electrons. The molecule has 0 aromatic heterocycles. The number of piperidine rings is 1. The molecule has 0 bridgehead atoms.